The van der Waals surface area contributed by atoms with Gasteiger partial charge in [-0.25, -0.2) is 4.98 Å². The molecular weight excluding hydrogens is 395 g/mol. The number of aryl methyl sites for hydroxylation is 1. The Morgan fingerprint density at radius 1 is 1.00 bits per heavy atom. The van der Waals surface area contributed by atoms with Crippen LogP contribution >= 0.6 is 23.2 Å². The van der Waals surface area contributed by atoms with Gasteiger partial charge in [0, 0.05) is 11.3 Å². The lowest BCUT2D eigenvalue weighted by molar-refractivity contribution is 0.102. The highest BCUT2D eigenvalue weighted by molar-refractivity contribution is 6.39. The molecule has 28 heavy (non-hydrogen) atoms. The number of hydrogen-bond donors (Lipinski definition) is 3. The summed E-state index contributed by atoms with van der Waals surface area (Å²) in [4.78, 5) is 20.2. The third kappa shape index (κ3) is 3.67. The Hall–Kier alpha value is -3.02. The number of fused-ring (bicyclic) bond motifs is 1. The summed E-state index contributed by atoms with van der Waals surface area (Å²) >= 11 is 12.4. The van der Waals surface area contributed by atoms with Crippen molar-refractivity contribution in [2.45, 2.75) is 6.92 Å². The Morgan fingerprint density at radius 2 is 1.75 bits per heavy atom. The highest BCUT2D eigenvalue weighted by Gasteiger charge is 2.12. The molecule has 0 spiro atoms. The maximum atomic E-state index is 12.6. The fourth-order valence-electron chi connectivity index (χ4n) is 2.85. The van der Waals surface area contributed by atoms with E-state index in [4.69, 9.17) is 23.2 Å². The number of amides is 1. The molecule has 0 fully saturated rings. The van der Waals surface area contributed by atoms with Crippen LogP contribution in [0.15, 0.2) is 60.7 Å². The molecule has 0 bridgehead atoms. The van der Waals surface area contributed by atoms with E-state index >= 15 is 0 Å². The van der Waals surface area contributed by atoms with Crippen molar-refractivity contribution < 1.29 is 4.79 Å². The zero-order valence-corrected chi connectivity index (χ0v) is 16.4. The molecule has 140 valence electrons. The number of aromatic nitrogens is 2. The summed E-state index contributed by atoms with van der Waals surface area (Å²) in [5.74, 6) is 0.296. The molecule has 0 unspecified atom stereocenters. The number of nitrogens with zero attached hydrogens (tertiary/aromatic N) is 1. The highest BCUT2D eigenvalue weighted by atomic mass is 35.5. The molecule has 1 amide bonds. The van der Waals surface area contributed by atoms with Crippen LogP contribution in [0.5, 0.6) is 0 Å². The molecule has 0 saturated carbocycles. The van der Waals surface area contributed by atoms with Gasteiger partial charge in [0.2, 0.25) is 5.95 Å². The third-order valence-corrected chi connectivity index (χ3v) is 4.97. The molecule has 4 aromatic rings. The number of nitrogens with one attached hydrogen (secondary N) is 3. The number of benzene rings is 3. The van der Waals surface area contributed by atoms with Gasteiger partial charge in [0.05, 0.1) is 26.8 Å². The van der Waals surface area contributed by atoms with Gasteiger partial charge in [0.25, 0.3) is 5.91 Å². The van der Waals surface area contributed by atoms with Crippen molar-refractivity contribution in [2.24, 2.45) is 0 Å². The number of carbonyl (C=O) groups is 1. The van der Waals surface area contributed by atoms with Crippen LogP contribution in [0, 0.1) is 6.92 Å². The number of carbonyl (C=O) groups excluding carboxylic acids is 1. The van der Waals surface area contributed by atoms with Crippen molar-refractivity contribution in [1.29, 1.82) is 0 Å². The van der Waals surface area contributed by atoms with E-state index in [1.54, 1.807) is 30.3 Å². The summed E-state index contributed by atoms with van der Waals surface area (Å²) in [6.07, 6.45) is 0. The van der Waals surface area contributed by atoms with E-state index < -0.39 is 0 Å². The average Bonchev–Trinajstić information content (AvgIpc) is 3.08. The summed E-state index contributed by atoms with van der Waals surface area (Å²) in [7, 11) is 0. The van der Waals surface area contributed by atoms with Crippen molar-refractivity contribution in [2.75, 3.05) is 10.6 Å². The Kier molecular flexibility index (Phi) is 4.94. The van der Waals surface area contributed by atoms with Gasteiger partial charge >= 0.3 is 0 Å². The molecular formula is C21H16Cl2N4O. The Labute approximate surface area is 171 Å². The molecule has 7 heteroatoms. The first kappa shape index (κ1) is 18.3. The van der Waals surface area contributed by atoms with Gasteiger partial charge < -0.3 is 15.6 Å². The maximum Gasteiger partial charge on any atom is 0.255 e. The standard InChI is InChI=1S/C21H16Cl2N4O/c1-12-5-2-3-8-16(12)24-20(28)13-9-10-17-18(11-13)26-21(25-17)27-19-14(22)6-4-7-15(19)23/h2-11H,1H3,(H,24,28)(H2,25,26,27). The van der Waals surface area contributed by atoms with E-state index in [1.807, 2.05) is 37.3 Å². The molecule has 0 atom stereocenters. The fourth-order valence-corrected chi connectivity index (χ4v) is 3.34. The number of halogens is 2. The van der Waals surface area contributed by atoms with Crippen molar-refractivity contribution in [3.63, 3.8) is 0 Å². The van der Waals surface area contributed by atoms with Gasteiger partial charge in [-0.3, -0.25) is 4.79 Å². The molecule has 3 N–H and O–H groups in total. The van der Waals surface area contributed by atoms with E-state index in [0.717, 1.165) is 16.8 Å². The molecule has 0 saturated heterocycles. The monoisotopic (exact) mass is 410 g/mol. The Bertz CT molecular complexity index is 1170. The zero-order chi connectivity index (χ0) is 19.7. The second-order valence-electron chi connectivity index (χ2n) is 6.31. The summed E-state index contributed by atoms with van der Waals surface area (Å²) < 4.78 is 0. The van der Waals surface area contributed by atoms with Gasteiger partial charge in [0.15, 0.2) is 0 Å². The van der Waals surface area contributed by atoms with Gasteiger partial charge in [-0.2, -0.15) is 0 Å². The largest absolute Gasteiger partial charge is 0.324 e. The molecule has 0 aliphatic heterocycles. The molecule has 4 rings (SSSR count). The number of rotatable bonds is 4. The molecule has 0 aliphatic carbocycles. The van der Waals surface area contributed by atoms with Crippen LogP contribution in [0.1, 0.15) is 15.9 Å². The molecule has 0 aliphatic rings. The molecule has 5 nitrogen and oxygen atoms in total. The van der Waals surface area contributed by atoms with Crippen LogP contribution in [0.4, 0.5) is 17.3 Å². The second kappa shape index (κ2) is 7.54. The lowest BCUT2D eigenvalue weighted by atomic mass is 10.1. The summed E-state index contributed by atoms with van der Waals surface area (Å²) in [5, 5.41) is 7.00. The first-order valence-corrected chi connectivity index (χ1v) is 9.34. The Morgan fingerprint density at radius 3 is 2.50 bits per heavy atom. The van der Waals surface area contributed by atoms with Crippen LogP contribution in [0.3, 0.4) is 0 Å². The maximum absolute atomic E-state index is 12.6. The van der Waals surface area contributed by atoms with Crippen molar-refractivity contribution in [1.82, 2.24) is 9.97 Å². The average molecular weight is 411 g/mol. The molecule has 3 aromatic carbocycles. The molecule has 1 aromatic heterocycles. The van der Waals surface area contributed by atoms with Crippen LogP contribution in [-0.2, 0) is 0 Å². The van der Waals surface area contributed by atoms with Crippen LogP contribution < -0.4 is 10.6 Å². The predicted molar refractivity (Wildman–Crippen MR) is 115 cm³/mol. The predicted octanol–water partition coefficient (Wildman–Crippen LogP) is 6.17. The summed E-state index contributed by atoms with van der Waals surface area (Å²) in [5.41, 5.74) is 4.32. The van der Waals surface area contributed by atoms with Crippen LogP contribution in [0.25, 0.3) is 11.0 Å². The van der Waals surface area contributed by atoms with Crippen LogP contribution in [0.2, 0.25) is 10.0 Å². The lowest BCUT2D eigenvalue weighted by Crippen LogP contribution is -2.12. The minimum Gasteiger partial charge on any atom is -0.324 e. The van der Waals surface area contributed by atoms with E-state index in [2.05, 4.69) is 20.6 Å². The van der Waals surface area contributed by atoms with Gasteiger partial charge in [0.1, 0.15) is 0 Å². The van der Waals surface area contributed by atoms with E-state index in [0.29, 0.717) is 32.8 Å². The lowest BCUT2D eigenvalue weighted by Gasteiger charge is -2.07. The highest BCUT2D eigenvalue weighted by Crippen LogP contribution is 2.32. The van der Waals surface area contributed by atoms with Gasteiger partial charge in [-0.15, -0.1) is 0 Å². The number of hydrogen-bond acceptors (Lipinski definition) is 3. The second-order valence-corrected chi connectivity index (χ2v) is 7.12. The topological polar surface area (TPSA) is 69.8 Å². The number of H-pyrrole nitrogens is 1. The van der Waals surface area contributed by atoms with Gasteiger partial charge in [-0.1, -0.05) is 47.5 Å². The van der Waals surface area contributed by atoms with Crippen LogP contribution in [-0.4, -0.2) is 15.9 Å². The summed E-state index contributed by atoms with van der Waals surface area (Å²) in [6.45, 7) is 1.95. The van der Waals surface area contributed by atoms with Gasteiger partial charge in [-0.05, 0) is 48.9 Å². The Balaban J connectivity index is 1.60. The first-order chi connectivity index (χ1) is 13.5. The third-order valence-electron chi connectivity index (χ3n) is 4.34. The normalized spacial score (nSPS) is 10.8. The number of anilines is 3. The van der Waals surface area contributed by atoms with E-state index in [1.165, 1.54) is 0 Å². The van der Waals surface area contributed by atoms with E-state index in [9.17, 15) is 4.79 Å². The summed E-state index contributed by atoms with van der Waals surface area (Å²) in [6, 6.07) is 18.2. The smallest absolute Gasteiger partial charge is 0.255 e. The molecule has 1 heterocycles. The SMILES string of the molecule is Cc1ccccc1NC(=O)c1ccc2[nH]c(Nc3c(Cl)cccc3Cl)nc2c1. The quantitative estimate of drug-likeness (QED) is 0.376. The van der Waals surface area contributed by atoms with E-state index in [-0.39, 0.29) is 5.91 Å². The number of aromatic amines is 1. The minimum absolute atomic E-state index is 0.192. The van der Waals surface area contributed by atoms with Crippen molar-refractivity contribution >= 4 is 57.5 Å². The molecule has 0 radical (unpaired) electrons. The van der Waals surface area contributed by atoms with Crippen molar-refractivity contribution in [3.8, 4) is 0 Å². The zero-order valence-electron chi connectivity index (χ0n) is 14.9. The fraction of sp³-hybridized carbons (Fsp3) is 0.0476. The number of para-hydroxylation sites is 2. The number of imidazole rings is 1. The first-order valence-electron chi connectivity index (χ1n) is 8.59. The van der Waals surface area contributed by atoms with Crippen molar-refractivity contribution in [3.05, 3.63) is 81.8 Å². The minimum atomic E-state index is -0.192.